The number of aliphatic carboxylic acids is 1. The van der Waals surface area contributed by atoms with Crippen LogP contribution in [0.15, 0.2) is 29.2 Å². The molecule has 0 spiro atoms. The van der Waals surface area contributed by atoms with Crippen molar-refractivity contribution in [2.75, 3.05) is 24.8 Å². The van der Waals surface area contributed by atoms with Crippen molar-refractivity contribution in [3.05, 3.63) is 24.3 Å². The van der Waals surface area contributed by atoms with E-state index in [1.807, 2.05) is 18.4 Å². The van der Waals surface area contributed by atoms with Gasteiger partial charge >= 0.3 is 5.97 Å². The third kappa shape index (κ3) is 2.21. The fourth-order valence-electron chi connectivity index (χ4n) is 1.58. The Hall–Kier alpha value is -1.53. The van der Waals surface area contributed by atoms with E-state index in [0.717, 1.165) is 4.90 Å². The van der Waals surface area contributed by atoms with Crippen molar-refractivity contribution in [2.45, 2.75) is 4.90 Å². The van der Waals surface area contributed by atoms with Gasteiger partial charge in [0.25, 0.3) is 0 Å². The first kappa shape index (κ1) is 12.9. The highest BCUT2D eigenvalue weighted by Gasteiger charge is 2.53. The van der Waals surface area contributed by atoms with E-state index in [1.165, 1.54) is 0 Å². The van der Waals surface area contributed by atoms with Crippen molar-refractivity contribution >= 4 is 29.3 Å². The molecular formula is C12H13NO4S. The van der Waals surface area contributed by atoms with Gasteiger partial charge in [0.2, 0.25) is 5.91 Å². The number of benzene rings is 1. The van der Waals surface area contributed by atoms with Crippen molar-refractivity contribution in [3.8, 4) is 0 Å². The maximum Gasteiger partial charge on any atom is 0.324 e. The van der Waals surface area contributed by atoms with Crippen LogP contribution in [0.1, 0.15) is 0 Å². The molecule has 1 saturated heterocycles. The van der Waals surface area contributed by atoms with Crippen molar-refractivity contribution in [1.82, 2.24) is 0 Å². The number of thioether (sulfide) groups is 1. The van der Waals surface area contributed by atoms with Gasteiger partial charge in [-0.1, -0.05) is 0 Å². The Balaban J connectivity index is 2.08. The van der Waals surface area contributed by atoms with Gasteiger partial charge in [-0.3, -0.25) is 9.59 Å². The Bertz CT molecular complexity index is 467. The van der Waals surface area contributed by atoms with Crippen molar-refractivity contribution < 1.29 is 19.4 Å². The first-order valence-corrected chi connectivity index (χ1v) is 6.57. The highest BCUT2D eigenvalue weighted by Crippen LogP contribution is 2.29. The third-order valence-electron chi connectivity index (χ3n) is 2.89. The van der Waals surface area contributed by atoms with Crippen LogP contribution in [0.25, 0.3) is 0 Å². The lowest BCUT2D eigenvalue weighted by Gasteiger charge is -2.35. The van der Waals surface area contributed by atoms with Crippen LogP contribution < -0.4 is 5.32 Å². The zero-order valence-corrected chi connectivity index (χ0v) is 10.6. The fraction of sp³-hybridized carbons (Fsp3) is 0.333. The maximum atomic E-state index is 11.9. The summed E-state index contributed by atoms with van der Waals surface area (Å²) in [6.45, 7) is -0.145. The average Bonchev–Trinajstić information content (AvgIpc) is 2.28. The lowest BCUT2D eigenvalue weighted by molar-refractivity contribution is -0.182. The highest BCUT2D eigenvalue weighted by atomic mass is 32.2. The number of amides is 1. The molecule has 0 bridgehead atoms. The number of carboxylic acid groups (broad SMARTS) is 1. The van der Waals surface area contributed by atoms with Crippen molar-refractivity contribution in [3.63, 3.8) is 0 Å². The Morgan fingerprint density at radius 3 is 2.33 bits per heavy atom. The molecule has 2 N–H and O–H groups in total. The van der Waals surface area contributed by atoms with Crippen LogP contribution in [0, 0.1) is 5.41 Å². The molecule has 5 nitrogen and oxygen atoms in total. The Morgan fingerprint density at radius 1 is 1.33 bits per heavy atom. The second kappa shape index (κ2) is 4.99. The van der Waals surface area contributed by atoms with Gasteiger partial charge in [0.1, 0.15) is 0 Å². The SMILES string of the molecule is CSc1ccc(NC(=O)C2(C(=O)O)COC2)cc1. The van der Waals surface area contributed by atoms with E-state index in [-0.39, 0.29) is 13.2 Å². The van der Waals surface area contributed by atoms with E-state index in [0.29, 0.717) is 5.69 Å². The molecule has 1 fully saturated rings. The molecule has 0 unspecified atom stereocenters. The van der Waals surface area contributed by atoms with E-state index in [2.05, 4.69) is 5.32 Å². The molecule has 18 heavy (non-hydrogen) atoms. The predicted octanol–water partition coefficient (Wildman–Crippen LogP) is 1.45. The third-order valence-corrected chi connectivity index (χ3v) is 3.63. The lowest BCUT2D eigenvalue weighted by atomic mass is 9.85. The number of carboxylic acids is 1. The van der Waals surface area contributed by atoms with Crippen LogP contribution in [0.4, 0.5) is 5.69 Å². The summed E-state index contributed by atoms with van der Waals surface area (Å²) < 4.78 is 4.85. The summed E-state index contributed by atoms with van der Waals surface area (Å²) in [4.78, 5) is 24.1. The molecule has 0 aromatic heterocycles. The monoisotopic (exact) mass is 267 g/mol. The predicted molar refractivity (Wildman–Crippen MR) is 67.7 cm³/mol. The second-order valence-electron chi connectivity index (χ2n) is 4.06. The molecule has 0 atom stereocenters. The first-order valence-electron chi connectivity index (χ1n) is 5.35. The van der Waals surface area contributed by atoms with E-state index in [9.17, 15) is 9.59 Å². The normalized spacial score (nSPS) is 16.7. The Kier molecular flexibility index (Phi) is 3.58. The molecule has 0 aliphatic carbocycles. The van der Waals surface area contributed by atoms with Crippen LogP contribution in [-0.2, 0) is 14.3 Å². The molecule has 1 aliphatic rings. The second-order valence-corrected chi connectivity index (χ2v) is 4.94. The van der Waals surface area contributed by atoms with E-state index in [4.69, 9.17) is 9.84 Å². The van der Waals surface area contributed by atoms with Crippen LogP contribution >= 0.6 is 11.8 Å². The van der Waals surface area contributed by atoms with Gasteiger partial charge in [0, 0.05) is 10.6 Å². The molecule has 6 heteroatoms. The smallest absolute Gasteiger partial charge is 0.324 e. The molecule has 1 aromatic carbocycles. The summed E-state index contributed by atoms with van der Waals surface area (Å²) in [6, 6.07) is 7.23. The highest BCUT2D eigenvalue weighted by molar-refractivity contribution is 7.98. The summed E-state index contributed by atoms with van der Waals surface area (Å²) in [7, 11) is 0. The van der Waals surface area contributed by atoms with Crippen LogP contribution in [0.2, 0.25) is 0 Å². The average molecular weight is 267 g/mol. The van der Waals surface area contributed by atoms with Gasteiger partial charge in [-0.15, -0.1) is 11.8 Å². The largest absolute Gasteiger partial charge is 0.480 e. The fourth-order valence-corrected chi connectivity index (χ4v) is 1.99. The lowest BCUT2D eigenvalue weighted by Crippen LogP contribution is -2.57. The summed E-state index contributed by atoms with van der Waals surface area (Å²) in [5.74, 6) is -1.68. The zero-order chi connectivity index (χ0) is 13.2. The van der Waals surface area contributed by atoms with Crippen LogP contribution in [0.5, 0.6) is 0 Å². The number of carbonyl (C=O) groups excluding carboxylic acids is 1. The van der Waals surface area contributed by atoms with Gasteiger partial charge in [0.05, 0.1) is 13.2 Å². The number of hydrogen-bond acceptors (Lipinski definition) is 4. The quantitative estimate of drug-likeness (QED) is 0.638. The number of nitrogens with one attached hydrogen (secondary N) is 1. The van der Waals surface area contributed by atoms with Crippen LogP contribution in [0.3, 0.4) is 0 Å². The van der Waals surface area contributed by atoms with E-state index in [1.54, 1.807) is 23.9 Å². The van der Waals surface area contributed by atoms with Gasteiger partial charge in [-0.05, 0) is 30.5 Å². The Labute approximate surface area is 109 Å². The van der Waals surface area contributed by atoms with Crippen molar-refractivity contribution in [1.29, 1.82) is 0 Å². The van der Waals surface area contributed by atoms with E-state index < -0.39 is 17.3 Å². The minimum atomic E-state index is -1.43. The molecule has 1 heterocycles. The molecule has 0 saturated carbocycles. The zero-order valence-electron chi connectivity index (χ0n) is 9.80. The maximum absolute atomic E-state index is 11.9. The Morgan fingerprint density at radius 2 is 1.94 bits per heavy atom. The molecule has 2 rings (SSSR count). The standard InChI is InChI=1S/C12H13NO4S/c1-18-9-4-2-8(3-5-9)13-10(14)12(11(15)16)6-17-7-12/h2-5H,6-7H2,1H3,(H,13,14)(H,15,16). The van der Waals surface area contributed by atoms with Crippen molar-refractivity contribution in [2.24, 2.45) is 5.41 Å². The molecule has 1 aliphatic heterocycles. The summed E-state index contributed by atoms with van der Waals surface area (Å²) in [5, 5.41) is 11.7. The van der Waals surface area contributed by atoms with Gasteiger partial charge in [-0.25, -0.2) is 0 Å². The first-order chi connectivity index (χ1) is 8.58. The number of carbonyl (C=O) groups is 2. The number of hydrogen-bond donors (Lipinski definition) is 2. The topological polar surface area (TPSA) is 75.6 Å². The molecular weight excluding hydrogens is 254 g/mol. The van der Waals surface area contributed by atoms with Gasteiger partial charge < -0.3 is 15.2 Å². The summed E-state index contributed by atoms with van der Waals surface area (Å²) >= 11 is 1.60. The minimum absolute atomic E-state index is 0.0724. The van der Waals surface area contributed by atoms with Gasteiger partial charge in [-0.2, -0.15) is 0 Å². The minimum Gasteiger partial charge on any atom is -0.480 e. The number of ether oxygens (including phenoxy) is 1. The summed E-state index contributed by atoms with van der Waals surface area (Å²) in [5.41, 5.74) is -0.844. The molecule has 0 radical (unpaired) electrons. The van der Waals surface area contributed by atoms with Crippen LogP contribution in [-0.4, -0.2) is 36.5 Å². The number of rotatable bonds is 4. The molecule has 96 valence electrons. The van der Waals surface area contributed by atoms with Gasteiger partial charge in [0.15, 0.2) is 5.41 Å². The molecule has 1 aromatic rings. The number of anilines is 1. The van der Waals surface area contributed by atoms with E-state index >= 15 is 0 Å². The molecule has 1 amide bonds. The summed E-state index contributed by atoms with van der Waals surface area (Å²) in [6.07, 6.45) is 1.96.